The van der Waals surface area contributed by atoms with Crippen molar-refractivity contribution in [2.45, 2.75) is 6.92 Å². The Balaban J connectivity index is 2.65. The molecule has 1 aromatic carbocycles. The van der Waals surface area contributed by atoms with E-state index in [4.69, 9.17) is 4.74 Å². The van der Waals surface area contributed by atoms with Crippen molar-refractivity contribution in [1.82, 2.24) is 9.78 Å². The van der Waals surface area contributed by atoms with Crippen LogP contribution in [-0.4, -0.2) is 15.7 Å². The van der Waals surface area contributed by atoms with Gasteiger partial charge in [-0.05, 0) is 12.1 Å². The third-order valence-electron chi connectivity index (χ3n) is 1.96. The van der Waals surface area contributed by atoms with Crippen molar-refractivity contribution in [1.29, 1.82) is 0 Å². The summed E-state index contributed by atoms with van der Waals surface area (Å²) < 4.78 is 19.7. The number of fused-ring (bicyclic) bond motifs is 1. The van der Waals surface area contributed by atoms with Crippen LogP contribution in [-0.2, 0) is 11.8 Å². The second-order valence-electron chi connectivity index (χ2n) is 3.20. The molecule has 0 saturated heterocycles. The van der Waals surface area contributed by atoms with Crippen molar-refractivity contribution in [3.05, 3.63) is 24.1 Å². The highest BCUT2D eigenvalue weighted by molar-refractivity contribution is 5.87. The van der Waals surface area contributed by atoms with E-state index in [0.717, 1.165) is 0 Å². The minimum Gasteiger partial charge on any atom is -0.426 e. The molecule has 2 rings (SSSR count). The van der Waals surface area contributed by atoms with Gasteiger partial charge >= 0.3 is 5.97 Å². The molecule has 78 valence electrons. The molecule has 0 fully saturated rings. The Morgan fingerprint density at radius 1 is 1.53 bits per heavy atom. The Morgan fingerprint density at radius 2 is 2.27 bits per heavy atom. The normalized spacial score (nSPS) is 10.6. The zero-order chi connectivity index (χ0) is 11.0. The highest BCUT2D eigenvalue weighted by Gasteiger charge is 2.11. The number of hydrogen-bond acceptors (Lipinski definition) is 3. The van der Waals surface area contributed by atoms with Crippen molar-refractivity contribution < 1.29 is 13.9 Å². The zero-order valence-electron chi connectivity index (χ0n) is 8.32. The first-order chi connectivity index (χ1) is 7.08. The minimum absolute atomic E-state index is 0.205. The molecule has 0 amide bonds. The fourth-order valence-electron chi connectivity index (χ4n) is 1.41. The number of hydrogen-bond donors (Lipinski definition) is 0. The van der Waals surface area contributed by atoms with E-state index in [-0.39, 0.29) is 5.52 Å². The summed E-state index contributed by atoms with van der Waals surface area (Å²) in [5.74, 6) is -0.541. The van der Waals surface area contributed by atoms with Crippen molar-refractivity contribution in [2.75, 3.05) is 0 Å². The van der Waals surface area contributed by atoms with Gasteiger partial charge in [0.2, 0.25) is 0 Å². The maximum atomic E-state index is 13.3. The number of carbonyl (C=O) groups excluding carboxylic acids is 1. The van der Waals surface area contributed by atoms with E-state index in [0.29, 0.717) is 11.1 Å². The summed E-state index contributed by atoms with van der Waals surface area (Å²) in [6.07, 6.45) is 1.61. The summed E-state index contributed by atoms with van der Waals surface area (Å²) in [7, 11) is 1.68. The average Bonchev–Trinajstić information content (AvgIpc) is 2.52. The molecule has 5 heteroatoms. The van der Waals surface area contributed by atoms with E-state index in [1.807, 2.05) is 0 Å². The molecule has 0 bridgehead atoms. The second kappa shape index (κ2) is 3.34. The van der Waals surface area contributed by atoms with E-state index in [2.05, 4.69) is 5.10 Å². The SMILES string of the molecule is CC(=O)Oc1ccc(F)c2nn(C)cc12. The Bertz CT molecular complexity index is 533. The van der Waals surface area contributed by atoms with Crippen LogP contribution in [0.3, 0.4) is 0 Å². The largest absolute Gasteiger partial charge is 0.426 e. The first kappa shape index (κ1) is 9.64. The summed E-state index contributed by atoms with van der Waals surface area (Å²) >= 11 is 0. The fraction of sp³-hybridized carbons (Fsp3) is 0.200. The number of rotatable bonds is 1. The van der Waals surface area contributed by atoms with Gasteiger partial charge in [0.05, 0.1) is 5.39 Å². The van der Waals surface area contributed by atoms with Gasteiger partial charge in [-0.15, -0.1) is 0 Å². The van der Waals surface area contributed by atoms with Crippen LogP contribution < -0.4 is 4.74 Å². The van der Waals surface area contributed by atoms with E-state index in [1.54, 1.807) is 13.2 Å². The number of ether oxygens (including phenoxy) is 1. The summed E-state index contributed by atoms with van der Waals surface area (Å²) in [5, 5.41) is 4.42. The molecule has 1 aromatic heterocycles. The molecule has 0 atom stereocenters. The minimum atomic E-state index is -0.438. The molecule has 4 nitrogen and oxygen atoms in total. The van der Waals surface area contributed by atoms with Crippen LogP contribution in [0.4, 0.5) is 4.39 Å². The lowest BCUT2D eigenvalue weighted by molar-refractivity contribution is -0.131. The molecule has 0 radical (unpaired) electrons. The van der Waals surface area contributed by atoms with Crippen LogP contribution in [0, 0.1) is 5.82 Å². The van der Waals surface area contributed by atoms with Gasteiger partial charge in [-0.3, -0.25) is 9.48 Å². The van der Waals surface area contributed by atoms with Gasteiger partial charge in [-0.1, -0.05) is 0 Å². The van der Waals surface area contributed by atoms with Gasteiger partial charge in [0.1, 0.15) is 11.3 Å². The van der Waals surface area contributed by atoms with Crippen molar-refractivity contribution in [3.63, 3.8) is 0 Å². The van der Waals surface area contributed by atoms with Gasteiger partial charge in [-0.25, -0.2) is 4.39 Å². The Labute approximate surface area is 85.3 Å². The molecule has 1 heterocycles. The Hall–Kier alpha value is -1.91. The monoisotopic (exact) mass is 208 g/mol. The summed E-state index contributed by atoms with van der Waals surface area (Å²) in [5.41, 5.74) is 0.205. The van der Waals surface area contributed by atoms with Crippen LogP contribution >= 0.6 is 0 Å². The number of aromatic nitrogens is 2. The van der Waals surface area contributed by atoms with Crippen molar-refractivity contribution >= 4 is 16.9 Å². The first-order valence-electron chi connectivity index (χ1n) is 4.38. The fourth-order valence-corrected chi connectivity index (χ4v) is 1.41. The van der Waals surface area contributed by atoms with E-state index >= 15 is 0 Å². The lowest BCUT2D eigenvalue weighted by atomic mass is 10.2. The molecular weight excluding hydrogens is 199 g/mol. The molecule has 15 heavy (non-hydrogen) atoms. The molecule has 0 N–H and O–H groups in total. The molecular formula is C10H9FN2O2. The number of nitrogens with zero attached hydrogens (tertiary/aromatic N) is 2. The molecule has 0 aliphatic carbocycles. The number of benzene rings is 1. The molecule has 0 aliphatic heterocycles. The smallest absolute Gasteiger partial charge is 0.308 e. The van der Waals surface area contributed by atoms with Crippen LogP contribution in [0.5, 0.6) is 5.75 Å². The Kier molecular flexibility index (Phi) is 2.15. The van der Waals surface area contributed by atoms with Crippen LogP contribution in [0.1, 0.15) is 6.92 Å². The standard InChI is InChI=1S/C10H9FN2O2/c1-6(14)15-9-4-3-8(11)10-7(9)5-13(2)12-10/h3-5H,1-2H3. The topological polar surface area (TPSA) is 44.1 Å². The van der Waals surface area contributed by atoms with Gasteiger partial charge in [0, 0.05) is 20.2 Å². The van der Waals surface area contributed by atoms with Crippen molar-refractivity contribution in [3.8, 4) is 5.75 Å². The predicted molar refractivity (Wildman–Crippen MR) is 52.0 cm³/mol. The Morgan fingerprint density at radius 3 is 2.93 bits per heavy atom. The van der Waals surface area contributed by atoms with Crippen LogP contribution in [0.2, 0.25) is 0 Å². The number of carbonyl (C=O) groups is 1. The lowest BCUT2D eigenvalue weighted by Gasteiger charge is -2.01. The van der Waals surface area contributed by atoms with E-state index < -0.39 is 11.8 Å². The van der Waals surface area contributed by atoms with Gasteiger partial charge in [0.15, 0.2) is 5.82 Å². The molecule has 2 aromatic rings. The second-order valence-corrected chi connectivity index (χ2v) is 3.20. The van der Waals surface area contributed by atoms with Crippen LogP contribution in [0.25, 0.3) is 10.9 Å². The third kappa shape index (κ3) is 1.68. The maximum Gasteiger partial charge on any atom is 0.308 e. The molecule has 0 aliphatic rings. The van der Waals surface area contributed by atoms with Crippen LogP contribution in [0.15, 0.2) is 18.3 Å². The summed E-state index contributed by atoms with van der Waals surface area (Å²) in [6.45, 7) is 1.30. The van der Waals surface area contributed by atoms with Gasteiger partial charge in [-0.2, -0.15) is 5.10 Å². The number of aryl methyl sites for hydroxylation is 1. The molecule has 0 unspecified atom stereocenters. The number of halogens is 1. The summed E-state index contributed by atoms with van der Waals surface area (Å²) in [6, 6.07) is 2.65. The predicted octanol–water partition coefficient (Wildman–Crippen LogP) is 1.64. The average molecular weight is 208 g/mol. The zero-order valence-corrected chi connectivity index (χ0v) is 8.32. The van der Waals surface area contributed by atoms with Gasteiger partial charge in [0.25, 0.3) is 0 Å². The lowest BCUT2D eigenvalue weighted by Crippen LogP contribution is -2.01. The van der Waals surface area contributed by atoms with Crippen molar-refractivity contribution in [2.24, 2.45) is 7.05 Å². The van der Waals surface area contributed by atoms with E-state index in [9.17, 15) is 9.18 Å². The molecule has 0 spiro atoms. The maximum absolute atomic E-state index is 13.3. The van der Waals surface area contributed by atoms with Gasteiger partial charge < -0.3 is 4.74 Å². The highest BCUT2D eigenvalue weighted by Crippen LogP contribution is 2.26. The molecule has 0 saturated carbocycles. The summed E-state index contributed by atoms with van der Waals surface area (Å²) in [4.78, 5) is 10.8. The van der Waals surface area contributed by atoms with E-state index in [1.165, 1.54) is 23.7 Å². The highest BCUT2D eigenvalue weighted by atomic mass is 19.1. The number of esters is 1. The first-order valence-corrected chi connectivity index (χ1v) is 4.38. The quantitative estimate of drug-likeness (QED) is 0.528. The third-order valence-corrected chi connectivity index (χ3v) is 1.96.